The number of aromatic nitrogens is 2. The topological polar surface area (TPSA) is 97.1 Å². The summed E-state index contributed by atoms with van der Waals surface area (Å²) in [7, 11) is -3.22. The van der Waals surface area contributed by atoms with E-state index in [9.17, 15) is 8.42 Å². The van der Waals surface area contributed by atoms with Crippen molar-refractivity contribution in [1.29, 1.82) is 0 Å². The Bertz CT molecular complexity index is 509. The van der Waals surface area contributed by atoms with Crippen molar-refractivity contribution in [1.82, 2.24) is 20.2 Å². The first-order valence-electron chi connectivity index (χ1n) is 7.05. The fraction of sp³-hybridized carbons (Fsp3) is 0.833. The van der Waals surface area contributed by atoms with E-state index in [0.717, 1.165) is 13.0 Å². The number of hydrogen-bond donors (Lipinski definition) is 2. The molecule has 0 amide bonds. The van der Waals surface area contributed by atoms with Crippen molar-refractivity contribution >= 4 is 10.0 Å². The number of nitrogens with zero attached hydrogens (tertiary/aromatic N) is 2. The van der Waals surface area contributed by atoms with E-state index in [4.69, 9.17) is 4.52 Å². The molecule has 1 aliphatic heterocycles. The second kappa shape index (κ2) is 7.14. The Hall–Kier alpha value is -0.990. The minimum Gasteiger partial charge on any atom is -0.340 e. The minimum absolute atomic E-state index is 0.163. The van der Waals surface area contributed by atoms with Crippen LogP contribution in [0.15, 0.2) is 4.52 Å². The van der Waals surface area contributed by atoms with Crippen LogP contribution in [0.1, 0.15) is 37.4 Å². The molecule has 2 N–H and O–H groups in total. The van der Waals surface area contributed by atoms with Crippen molar-refractivity contribution in [3.8, 4) is 0 Å². The molecular formula is C12H22N4O3S. The van der Waals surface area contributed by atoms with Crippen molar-refractivity contribution in [2.45, 2.75) is 45.1 Å². The molecule has 1 atom stereocenters. The van der Waals surface area contributed by atoms with Gasteiger partial charge in [-0.05, 0) is 25.8 Å². The molecule has 2 heterocycles. The van der Waals surface area contributed by atoms with Gasteiger partial charge < -0.3 is 9.84 Å². The Balaban J connectivity index is 1.67. The lowest BCUT2D eigenvalue weighted by Gasteiger charge is -2.23. The van der Waals surface area contributed by atoms with Gasteiger partial charge in [-0.25, -0.2) is 13.1 Å². The second-order valence-corrected chi connectivity index (χ2v) is 7.05. The lowest BCUT2D eigenvalue weighted by atomic mass is 10.0. The van der Waals surface area contributed by atoms with E-state index in [1.54, 1.807) is 6.92 Å². The summed E-state index contributed by atoms with van der Waals surface area (Å²) in [6.07, 6.45) is 4.54. The summed E-state index contributed by atoms with van der Waals surface area (Å²) in [6, 6.07) is 0.334. The molecule has 7 nitrogen and oxygen atoms in total. The van der Waals surface area contributed by atoms with E-state index in [-0.39, 0.29) is 5.75 Å². The Morgan fingerprint density at radius 3 is 2.95 bits per heavy atom. The molecule has 1 aromatic rings. The number of nitrogens with one attached hydrogen (secondary N) is 2. The van der Waals surface area contributed by atoms with E-state index >= 15 is 0 Å². The van der Waals surface area contributed by atoms with Crippen LogP contribution in [0.5, 0.6) is 0 Å². The van der Waals surface area contributed by atoms with E-state index in [1.165, 1.54) is 12.8 Å². The number of hydrogen-bond acceptors (Lipinski definition) is 6. The molecule has 0 aromatic carbocycles. The summed E-state index contributed by atoms with van der Waals surface area (Å²) in [5.74, 6) is 1.18. The summed E-state index contributed by atoms with van der Waals surface area (Å²) in [4.78, 5) is 4.03. The molecule has 1 aliphatic rings. The van der Waals surface area contributed by atoms with E-state index in [1.807, 2.05) is 0 Å². The Labute approximate surface area is 119 Å². The minimum atomic E-state index is -3.22. The number of piperidine rings is 1. The molecule has 0 bridgehead atoms. The van der Waals surface area contributed by atoms with Crippen molar-refractivity contribution in [2.24, 2.45) is 0 Å². The fourth-order valence-corrected chi connectivity index (χ4v) is 3.45. The highest BCUT2D eigenvalue weighted by Gasteiger charge is 2.17. The molecular weight excluding hydrogens is 280 g/mol. The molecule has 0 spiro atoms. The predicted molar refractivity (Wildman–Crippen MR) is 74.8 cm³/mol. The molecule has 0 aliphatic carbocycles. The summed E-state index contributed by atoms with van der Waals surface area (Å²) in [5, 5.41) is 7.08. The SMILES string of the molecule is Cc1nc(CCNS(=O)(=O)CCC2CCCCN2)no1. The fourth-order valence-electron chi connectivity index (χ4n) is 2.30. The Morgan fingerprint density at radius 1 is 1.45 bits per heavy atom. The Morgan fingerprint density at radius 2 is 2.30 bits per heavy atom. The van der Waals surface area contributed by atoms with Crippen LogP contribution in [0.2, 0.25) is 0 Å². The average molecular weight is 302 g/mol. The zero-order valence-electron chi connectivity index (χ0n) is 11.8. The summed E-state index contributed by atoms with van der Waals surface area (Å²) in [6.45, 7) is 3.01. The van der Waals surface area contributed by atoms with Crippen molar-refractivity contribution in [3.63, 3.8) is 0 Å². The molecule has 8 heteroatoms. The van der Waals surface area contributed by atoms with Gasteiger partial charge in [-0.3, -0.25) is 0 Å². The first-order valence-corrected chi connectivity index (χ1v) is 8.70. The van der Waals surface area contributed by atoms with Gasteiger partial charge in [0.15, 0.2) is 5.82 Å². The zero-order valence-corrected chi connectivity index (χ0v) is 12.6. The molecule has 2 rings (SSSR count). The van der Waals surface area contributed by atoms with Crippen LogP contribution in [0.3, 0.4) is 0 Å². The normalized spacial score (nSPS) is 20.1. The molecule has 1 aromatic heterocycles. The van der Waals surface area contributed by atoms with Crippen LogP contribution >= 0.6 is 0 Å². The van der Waals surface area contributed by atoms with Crippen LogP contribution in [-0.2, 0) is 16.4 Å². The first-order chi connectivity index (χ1) is 9.55. The maximum Gasteiger partial charge on any atom is 0.223 e. The van der Waals surface area contributed by atoms with Gasteiger partial charge in [0.25, 0.3) is 0 Å². The van der Waals surface area contributed by atoms with Gasteiger partial charge in [-0.2, -0.15) is 4.98 Å². The third-order valence-corrected chi connectivity index (χ3v) is 4.80. The molecule has 0 saturated carbocycles. The van der Waals surface area contributed by atoms with Gasteiger partial charge >= 0.3 is 0 Å². The lowest BCUT2D eigenvalue weighted by Crippen LogP contribution is -2.37. The molecule has 20 heavy (non-hydrogen) atoms. The largest absolute Gasteiger partial charge is 0.340 e. The summed E-state index contributed by atoms with van der Waals surface area (Å²) >= 11 is 0. The quantitative estimate of drug-likeness (QED) is 0.755. The van der Waals surface area contributed by atoms with Gasteiger partial charge in [-0.1, -0.05) is 11.6 Å². The molecule has 1 fully saturated rings. The van der Waals surface area contributed by atoms with Crippen molar-refractivity contribution in [3.05, 3.63) is 11.7 Å². The van der Waals surface area contributed by atoms with Crippen molar-refractivity contribution < 1.29 is 12.9 Å². The number of aryl methyl sites for hydroxylation is 1. The third-order valence-electron chi connectivity index (χ3n) is 3.39. The van der Waals surface area contributed by atoms with Crippen molar-refractivity contribution in [2.75, 3.05) is 18.8 Å². The standard InChI is InChI=1S/C12H22N4O3S/c1-10-15-12(16-19-10)5-8-14-20(17,18)9-6-11-4-2-3-7-13-11/h11,13-14H,2-9H2,1H3. The molecule has 0 radical (unpaired) electrons. The average Bonchev–Trinajstić information content (AvgIpc) is 2.83. The summed E-state index contributed by atoms with van der Waals surface area (Å²) in [5.41, 5.74) is 0. The number of sulfonamides is 1. The van der Waals surface area contributed by atoms with E-state index in [0.29, 0.717) is 37.1 Å². The van der Waals surface area contributed by atoms with Gasteiger partial charge in [-0.15, -0.1) is 0 Å². The van der Waals surface area contributed by atoms with Crippen LogP contribution in [0, 0.1) is 6.92 Å². The third kappa shape index (κ3) is 5.18. The van der Waals surface area contributed by atoms with Crippen LogP contribution < -0.4 is 10.0 Å². The van der Waals surface area contributed by atoms with Gasteiger partial charge in [0.1, 0.15) is 0 Å². The second-order valence-electron chi connectivity index (χ2n) is 5.13. The smallest absolute Gasteiger partial charge is 0.223 e. The molecule has 1 saturated heterocycles. The van der Waals surface area contributed by atoms with Crippen LogP contribution in [0.4, 0.5) is 0 Å². The Kier molecular flexibility index (Phi) is 5.50. The van der Waals surface area contributed by atoms with Crippen LogP contribution in [-0.4, -0.2) is 43.4 Å². The van der Waals surface area contributed by atoms with Gasteiger partial charge in [0.2, 0.25) is 15.9 Å². The predicted octanol–water partition coefficient (Wildman–Crippen LogP) is 0.372. The molecule has 114 valence electrons. The maximum absolute atomic E-state index is 11.9. The van der Waals surface area contributed by atoms with E-state index < -0.39 is 10.0 Å². The lowest BCUT2D eigenvalue weighted by molar-refractivity contribution is 0.387. The van der Waals surface area contributed by atoms with Gasteiger partial charge in [0.05, 0.1) is 5.75 Å². The van der Waals surface area contributed by atoms with E-state index in [2.05, 4.69) is 20.2 Å². The molecule has 1 unspecified atom stereocenters. The first kappa shape index (κ1) is 15.4. The zero-order chi connectivity index (χ0) is 14.4. The highest BCUT2D eigenvalue weighted by molar-refractivity contribution is 7.89. The highest BCUT2D eigenvalue weighted by atomic mass is 32.2. The maximum atomic E-state index is 11.9. The highest BCUT2D eigenvalue weighted by Crippen LogP contribution is 2.10. The number of rotatable bonds is 7. The monoisotopic (exact) mass is 302 g/mol. The van der Waals surface area contributed by atoms with Gasteiger partial charge in [0, 0.05) is 25.9 Å². The van der Waals surface area contributed by atoms with Crippen LogP contribution in [0.25, 0.3) is 0 Å². The summed E-state index contributed by atoms with van der Waals surface area (Å²) < 4.78 is 31.1.